The molecule has 70 valence electrons. The minimum atomic E-state index is 0.781. The Morgan fingerprint density at radius 2 is 2.21 bits per heavy atom. The van der Waals surface area contributed by atoms with Crippen LogP contribution in [0.4, 0.5) is 0 Å². The molecule has 0 saturated heterocycles. The van der Waals surface area contributed by atoms with Gasteiger partial charge in [0.2, 0.25) is 0 Å². The Bertz CT molecular complexity index is 525. The lowest BCUT2D eigenvalue weighted by Gasteiger charge is -1.93. The molecule has 0 spiro atoms. The zero-order chi connectivity index (χ0) is 10.1. The summed E-state index contributed by atoms with van der Waals surface area (Å²) in [5, 5.41) is 10.1. The van der Waals surface area contributed by atoms with Gasteiger partial charge in [0.25, 0.3) is 0 Å². The van der Waals surface area contributed by atoms with Crippen LogP contribution in [-0.4, -0.2) is 6.26 Å². The number of rotatable bonds is 1. The molecular formula is C10H6INS2. The van der Waals surface area contributed by atoms with Crippen LogP contribution in [0.25, 0.3) is 10.1 Å². The van der Waals surface area contributed by atoms with Crippen LogP contribution < -0.4 is 0 Å². The summed E-state index contributed by atoms with van der Waals surface area (Å²) in [6.07, 6.45) is 2.06. The topological polar surface area (TPSA) is 23.8 Å². The number of halogens is 1. The number of benzene rings is 1. The number of fused-ring (bicyclic) bond motifs is 1. The van der Waals surface area contributed by atoms with E-state index in [4.69, 9.17) is 5.26 Å². The molecule has 1 aromatic heterocycles. The Morgan fingerprint density at radius 1 is 1.43 bits per heavy atom. The van der Waals surface area contributed by atoms with Gasteiger partial charge in [0.15, 0.2) is 0 Å². The molecule has 0 saturated carbocycles. The van der Waals surface area contributed by atoms with Gasteiger partial charge in [-0.05, 0) is 47.0 Å². The first-order valence-electron chi connectivity index (χ1n) is 3.92. The second-order valence-corrected chi connectivity index (χ2v) is 6.18. The van der Waals surface area contributed by atoms with Gasteiger partial charge in [-0.3, -0.25) is 0 Å². The highest BCUT2D eigenvalue weighted by molar-refractivity contribution is 14.1. The summed E-state index contributed by atoms with van der Waals surface area (Å²) in [4.78, 5) is 0. The van der Waals surface area contributed by atoms with E-state index in [0.717, 1.165) is 14.5 Å². The molecule has 1 heterocycles. The number of nitrogens with zero attached hydrogens (tertiary/aromatic N) is 1. The van der Waals surface area contributed by atoms with Crippen LogP contribution in [-0.2, 0) is 0 Å². The molecule has 0 atom stereocenters. The van der Waals surface area contributed by atoms with Gasteiger partial charge in [-0.2, -0.15) is 5.26 Å². The molecule has 0 unspecified atom stereocenters. The monoisotopic (exact) mass is 331 g/mol. The van der Waals surface area contributed by atoms with Gasteiger partial charge in [0, 0.05) is 13.7 Å². The molecule has 0 bridgehead atoms. The van der Waals surface area contributed by atoms with Gasteiger partial charge in [-0.25, -0.2) is 0 Å². The summed E-state index contributed by atoms with van der Waals surface area (Å²) < 4.78 is 3.59. The Morgan fingerprint density at radius 3 is 2.86 bits per heavy atom. The van der Waals surface area contributed by atoms with E-state index >= 15 is 0 Å². The highest BCUT2D eigenvalue weighted by atomic mass is 127. The molecule has 2 aromatic rings. The summed E-state index contributed by atoms with van der Waals surface area (Å²) in [7, 11) is 0. The summed E-state index contributed by atoms with van der Waals surface area (Å²) in [6.45, 7) is 0. The van der Waals surface area contributed by atoms with Crippen molar-refractivity contribution in [3.05, 3.63) is 27.3 Å². The highest BCUT2D eigenvalue weighted by Gasteiger charge is 2.06. The van der Waals surface area contributed by atoms with Crippen LogP contribution >= 0.6 is 45.7 Å². The first-order valence-corrected chi connectivity index (χ1v) is 7.04. The predicted octanol–water partition coefficient (Wildman–Crippen LogP) is 4.10. The van der Waals surface area contributed by atoms with Gasteiger partial charge < -0.3 is 0 Å². The fourth-order valence-electron chi connectivity index (χ4n) is 1.28. The summed E-state index contributed by atoms with van der Waals surface area (Å²) in [5.41, 5.74) is 0.781. The quantitative estimate of drug-likeness (QED) is 0.580. The van der Waals surface area contributed by atoms with Crippen molar-refractivity contribution in [2.75, 3.05) is 6.26 Å². The largest absolute Gasteiger partial charge is 0.192 e. The second-order valence-electron chi connectivity index (χ2n) is 2.75. The van der Waals surface area contributed by atoms with Crippen molar-refractivity contribution in [2.45, 2.75) is 4.21 Å². The van der Waals surface area contributed by atoms with E-state index < -0.39 is 0 Å². The van der Waals surface area contributed by atoms with E-state index in [1.54, 1.807) is 23.1 Å². The number of hydrogen-bond donors (Lipinski definition) is 0. The van der Waals surface area contributed by atoms with Gasteiger partial charge >= 0.3 is 0 Å². The molecule has 14 heavy (non-hydrogen) atoms. The van der Waals surface area contributed by atoms with E-state index in [2.05, 4.69) is 47.0 Å². The molecule has 1 aromatic carbocycles. The molecule has 1 nitrogen and oxygen atoms in total. The Kier molecular flexibility index (Phi) is 3.00. The van der Waals surface area contributed by atoms with Crippen molar-refractivity contribution in [3.8, 4) is 6.07 Å². The van der Waals surface area contributed by atoms with Crippen molar-refractivity contribution in [1.29, 1.82) is 5.26 Å². The van der Waals surface area contributed by atoms with Crippen LogP contribution in [0, 0.1) is 14.9 Å². The molecule has 0 aliphatic heterocycles. The van der Waals surface area contributed by atoms with Crippen LogP contribution in [0.1, 0.15) is 5.56 Å². The number of thioether (sulfide) groups is 1. The van der Waals surface area contributed by atoms with Gasteiger partial charge in [0.1, 0.15) is 0 Å². The smallest absolute Gasteiger partial charge is 0.0998 e. The third kappa shape index (κ3) is 1.76. The van der Waals surface area contributed by atoms with Gasteiger partial charge in [-0.1, -0.05) is 0 Å². The Labute approximate surface area is 104 Å². The molecule has 4 heteroatoms. The van der Waals surface area contributed by atoms with Crippen molar-refractivity contribution in [3.63, 3.8) is 0 Å². The van der Waals surface area contributed by atoms with E-state index in [0.29, 0.717) is 0 Å². The van der Waals surface area contributed by atoms with E-state index in [-0.39, 0.29) is 0 Å². The van der Waals surface area contributed by atoms with Crippen molar-refractivity contribution in [1.82, 2.24) is 0 Å². The normalized spacial score (nSPS) is 10.4. The zero-order valence-corrected chi connectivity index (χ0v) is 11.2. The van der Waals surface area contributed by atoms with Crippen LogP contribution in [0.5, 0.6) is 0 Å². The van der Waals surface area contributed by atoms with E-state index in [1.165, 1.54) is 8.91 Å². The lowest BCUT2D eigenvalue weighted by Crippen LogP contribution is -1.77. The number of nitriles is 1. The van der Waals surface area contributed by atoms with Gasteiger partial charge in [0.05, 0.1) is 15.8 Å². The van der Waals surface area contributed by atoms with Crippen LogP contribution in [0.2, 0.25) is 0 Å². The number of thiophene rings is 1. The molecular weight excluding hydrogens is 325 g/mol. The standard InChI is InChI=1S/C10H6INS2/c1-13-10-4-8-6(5-12)2-7(11)3-9(8)14-10/h2-4H,1H3. The lowest BCUT2D eigenvalue weighted by molar-refractivity contribution is 1.50. The average molecular weight is 331 g/mol. The van der Waals surface area contributed by atoms with E-state index in [9.17, 15) is 0 Å². The fourth-order valence-corrected chi connectivity index (χ4v) is 3.81. The first-order chi connectivity index (χ1) is 6.74. The van der Waals surface area contributed by atoms with Crippen LogP contribution in [0.3, 0.4) is 0 Å². The summed E-state index contributed by atoms with van der Waals surface area (Å²) in [5.74, 6) is 0. The highest BCUT2D eigenvalue weighted by Crippen LogP contribution is 2.34. The minimum Gasteiger partial charge on any atom is -0.192 e. The maximum atomic E-state index is 8.99. The second kappa shape index (κ2) is 4.09. The summed E-state index contributed by atoms with van der Waals surface area (Å²) >= 11 is 5.72. The van der Waals surface area contributed by atoms with E-state index in [1.807, 2.05) is 6.07 Å². The Balaban J connectivity index is 2.79. The first kappa shape index (κ1) is 10.3. The molecule has 0 aliphatic carbocycles. The Hall–Kier alpha value is -0.250. The lowest BCUT2D eigenvalue weighted by atomic mass is 10.1. The molecule has 0 amide bonds. The molecule has 0 fully saturated rings. The predicted molar refractivity (Wildman–Crippen MR) is 71.0 cm³/mol. The number of hydrogen-bond acceptors (Lipinski definition) is 3. The van der Waals surface area contributed by atoms with Crippen molar-refractivity contribution in [2.24, 2.45) is 0 Å². The fraction of sp³-hybridized carbons (Fsp3) is 0.100. The molecule has 0 N–H and O–H groups in total. The third-order valence-corrected chi connectivity index (χ3v) is 4.67. The third-order valence-electron chi connectivity index (χ3n) is 1.90. The molecule has 2 rings (SSSR count). The minimum absolute atomic E-state index is 0.781. The summed E-state index contributed by atoms with van der Waals surface area (Å²) in [6, 6.07) is 8.39. The average Bonchev–Trinajstić information content (AvgIpc) is 2.59. The van der Waals surface area contributed by atoms with Crippen molar-refractivity contribution < 1.29 is 0 Å². The SMILES string of the molecule is CSc1cc2c(C#N)cc(I)cc2s1. The van der Waals surface area contributed by atoms with Gasteiger partial charge in [-0.15, -0.1) is 23.1 Å². The van der Waals surface area contributed by atoms with Crippen molar-refractivity contribution >= 4 is 55.8 Å². The maximum Gasteiger partial charge on any atom is 0.0998 e. The molecule has 0 aliphatic rings. The zero-order valence-electron chi connectivity index (χ0n) is 7.37. The molecule has 0 radical (unpaired) electrons. The maximum absolute atomic E-state index is 8.99. The van der Waals surface area contributed by atoms with Crippen LogP contribution in [0.15, 0.2) is 22.4 Å².